The van der Waals surface area contributed by atoms with Crippen molar-refractivity contribution in [1.82, 2.24) is 41.9 Å². The lowest BCUT2D eigenvalue weighted by Gasteiger charge is -2.18. The minimum absolute atomic E-state index is 0. The Morgan fingerprint density at radius 2 is 0.648 bits per heavy atom. The number of esters is 2. The standard InChI is InChI=1S/C26H28N2O5.C25H26N2O5.C24H24N2O5.C23H23N3O4.CH4.B/c1-16(2)33-25(30)26(14-22(26)24(29)28-31)13-18-8-10-20(11-9-18)32-15-19-12-17(3)27-23-7-5-4-6-21(19)23;1-16-12-18(20-6-4-5-7-22(20)26-16)15-32-19-10-8-17(9-11-19)13-25(24(29)30-2)14-21(25)23(28)27-31-3;1-15-11-17(19-5-3-4-6-21(19)25-15)14-31-18-9-7-16(8-10-18)12-24(23(28)29)13-20(24)22(27)26-30-2;1-14-10-16(18-4-2-3-5-20(18)25-14)13-30-17-8-6-15(7-9-17)11-23(22(24)28)12-19(23)21(27)26-29;;/h4-12,16,22,31H,13-15H2,1-3H3,(H,28,29);4-12,21H,13-15H2,1-3H3,(H,27,28);3-11,20H,12-14H2,1-2H3,(H,26,27)(H,28,29);2-10,19,29H,11-13H2,1H3,(H2,24,28)(H,26,27);1H4;/t22-,26+;21-,25+;20-,24+;19-,23+;;/m1111../s1. The molecule has 16 rings (SSSR count). The lowest BCUT2D eigenvalue weighted by atomic mass is 9.93. The third-order valence-electron chi connectivity index (χ3n) is 23.5. The molecule has 29 heteroatoms. The number of aryl methyl sites for hydroxylation is 4. The number of primary amides is 1. The number of hydroxylamine groups is 4. The average molecular weight is 1740 g/mol. The molecule has 12 aromatic rings. The maximum absolute atomic E-state index is 12.7. The van der Waals surface area contributed by atoms with E-state index < -0.39 is 80.9 Å². The number of benzene rings is 8. The number of ether oxygens (including phenoxy) is 6. The van der Waals surface area contributed by atoms with Crippen molar-refractivity contribution in [2.24, 2.45) is 51.1 Å². The highest BCUT2D eigenvalue weighted by Crippen LogP contribution is 2.59. The largest absolute Gasteiger partial charge is 0.489 e. The van der Waals surface area contributed by atoms with Crippen molar-refractivity contribution in [3.05, 3.63) is 286 Å². The number of nitrogens with zero attached hydrogens (tertiary/aromatic N) is 4. The monoisotopic (exact) mass is 1730 g/mol. The van der Waals surface area contributed by atoms with Crippen LogP contribution in [-0.2, 0) is 110 Å². The number of methoxy groups -OCH3 is 1. The normalized spacial score (nSPS) is 19.3. The summed E-state index contributed by atoms with van der Waals surface area (Å²) in [5, 5.41) is 31.8. The Bertz CT molecular complexity index is 6030. The van der Waals surface area contributed by atoms with Crippen LogP contribution in [0.3, 0.4) is 0 Å². The molecule has 4 aromatic heterocycles. The summed E-state index contributed by atoms with van der Waals surface area (Å²) in [6, 6.07) is 69.8. The van der Waals surface area contributed by atoms with Crippen LogP contribution in [0.5, 0.6) is 23.0 Å². The number of nitrogens with one attached hydrogen (secondary N) is 4. The number of hydrogen-bond acceptors (Lipinski definition) is 22. The van der Waals surface area contributed by atoms with Crippen molar-refractivity contribution < 1.29 is 92.0 Å². The number of carboxylic acid groups (broad SMARTS) is 1. The molecule has 128 heavy (non-hydrogen) atoms. The second-order valence-corrected chi connectivity index (χ2v) is 32.8. The van der Waals surface area contributed by atoms with E-state index in [1.54, 1.807) is 24.8 Å². The molecular formula is C99H105BN9O19. The Morgan fingerprint density at radius 1 is 0.391 bits per heavy atom. The molecule has 4 aliphatic carbocycles. The third kappa shape index (κ3) is 22.2. The first-order valence-corrected chi connectivity index (χ1v) is 41.3. The summed E-state index contributed by atoms with van der Waals surface area (Å²) in [5.41, 5.74) is 24.8. The topological polar surface area (TPSA) is 397 Å². The highest BCUT2D eigenvalue weighted by atomic mass is 16.6. The van der Waals surface area contributed by atoms with Gasteiger partial charge in [-0.05, 0) is 212 Å². The van der Waals surface area contributed by atoms with Crippen molar-refractivity contribution in [1.29, 1.82) is 0 Å². The van der Waals surface area contributed by atoms with Crippen molar-refractivity contribution in [2.75, 3.05) is 21.3 Å². The first-order valence-electron chi connectivity index (χ1n) is 41.3. The number of carbonyl (C=O) groups is 8. The minimum Gasteiger partial charge on any atom is -0.489 e. The van der Waals surface area contributed by atoms with Crippen molar-refractivity contribution in [2.45, 2.75) is 133 Å². The second kappa shape index (κ2) is 41.6. The molecule has 0 unspecified atom stereocenters. The van der Waals surface area contributed by atoms with E-state index in [2.05, 4.69) is 35.7 Å². The molecule has 3 radical (unpaired) electrons. The van der Waals surface area contributed by atoms with Crippen LogP contribution in [0.25, 0.3) is 43.6 Å². The quantitative estimate of drug-likeness (QED) is 0.00866. The maximum Gasteiger partial charge on any atom is 0.313 e. The molecule has 4 aliphatic rings. The van der Waals surface area contributed by atoms with E-state index in [9.17, 15) is 43.5 Å². The van der Waals surface area contributed by atoms with E-state index in [0.29, 0.717) is 88.6 Å². The molecule has 4 heterocycles. The van der Waals surface area contributed by atoms with Gasteiger partial charge in [-0.15, -0.1) is 0 Å². The average Bonchev–Trinajstić information content (AvgIpc) is 1.59. The zero-order valence-electron chi connectivity index (χ0n) is 72.0. The first-order chi connectivity index (χ1) is 60.6. The molecule has 9 N–H and O–H groups in total. The predicted octanol–water partition coefficient (Wildman–Crippen LogP) is 14.0. The highest BCUT2D eigenvalue weighted by molar-refractivity contribution is 5.97. The van der Waals surface area contributed by atoms with E-state index in [1.165, 1.54) is 21.3 Å². The summed E-state index contributed by atoms with van der Waals surface area (Å²) in [4.78, 5) is 124. The molecule has 5 amide bonds. The zero-order chi connectivity index (χ0) is 89.6. The number of nitrogens with two attached hydrogens (primary N) is 1. The lowest BCUT2D eigenvalue weighted by molar-refractivity contribution is -0.156. The number of aliphatic carboxylic acids is 1. The first kappa shape index (κ1) is 94.9. The van der Waals surface area contributed by atoms with Crippen LogP contribution in [-0.4, -0.2) is 119 Å². The molecular weight excluding hydrogens is 1630 g/mol. The van der Waals surface area contributed by atoms with E-state index in [4.69, 9.17) is 49.4 Å². The van der Waals surface area contributed by atoms with Crippen LogP contribution >= 0.6 is 0 Å². The Morgan fingerprint density at radius 3 is 0.930 bits per heavy atom. The number of para-hydroxylation sites is 4. The predicted molar refractivity (Wildman–Crippen MR) is 479 cm³/mol. The Kier molecular flexibility index (Phi) is 30.8. The minimum atomic E-state index is -1.08. The van der Waals surface area contributed by atoms with Gasteiger partial charge in [0.1, 0.15) is 49.4 Å². The summed E-state index contributed by atoms with van der Waals surface area (Å²) in [6.07, 6.45) is 2.51. The van der Waals surface area contributed by atoms with E-state index in [0.717, 1.165) is 117 Å². The summed E-state index contributed by atoms with van der Waals surface area (Å²) < 4.78 is 34.3. The summed E-state index contributed by atoms with van der Waals surface area (Å²) in [7, 11) is 4.04. The smallest absolute Gasteiger partial charge is 0.313 e. The zero-order valence-corrected chi connectivity index (χ0v) is 72.0. The van der Waals surface area contributed by atoms with E-state index in [-0.39, 0.29) is 40.2 Å². The fourth-order valence-corrected chi connectivity index (χ4v) is 16.7. The van der Waals surface area contributed by atoms with Gasteiger partial charge in [0.2, 0.25) is 29.5 Å². The second-order valence-electron chi connectivity index (χ2n) is 32.8. The number of fused-ring (bicyclic) bond motifs is 4. The van der Waals surface area contributed by atoms with Gasteiger partial charge in [-0.2, -0.15) is 0 Å². The fourth-order valence-electron chi connectivity index (χ4n) is 16.7. The van der Waals surface area contributed by atoms with Gasteiger partial charge in [0.15, 0.2) is 0 Å². The summed E-state index contributed by atoms with van der Waals surface area (Å²) >= 11 is 0. The summed E-state index contributed by atoms with van der Waals surface area (Å²) in [5.74, 6) is -3.57. The number of aromatic nitrogens is 4. The number of carboxylic acids is 1. The van der Waals surface area contributed by atoms with Crippen LogP contribution in [0.2, 0.25) is 0 Å². The SMILES string of the molecule is C.CONC(=O)[C@H]1C[C@]1(Cc1ccc(OCc2cc(C)nc3ccccc23)cc1)C(=O)O.CONC(=O)[C@H]1C[C@]1(Cc1ccc(OCc2cc(C)nc3ccccc23)cc1)C(=O)OC.Cc1cc(COc2ccc(C[C@]3(C(=O)OC(C)C)C[C@@H]3C(=O)NO)cc2)c2ccccc2n1.Cc1cc(COc2ccc(C[C@]3(C(N)=O)C[C@@H]3C(=O)NO)cc2)c2ccccc2n1.[B]. The molecule has 4 fully saturated rings. The number of amides is 5. The molecule has 8 aromatic carbocycles. The van der Waals surface area contributed by atoms with Gasteiger partial charge >= 0.3 is 17.9 Å². The van der Waals surface area contributed by atoms with Crippen LogP contribution in [0.15, 0.2) is 218 Å². The van der Waals surface area contributed by atoms with E-state index in [1.807, 2.05) is 246 Å². The van der Waals surface area contributed by atoms with Gasteiger partial charge in [-0.1, -0.05) is 129 Å². The van der Waals surface area contributed by atoms with Gasteiger partial charge in [-0.25, -0.2) is 21.9 Å². The van der Waals surface area contributed by atoms with Crippen molar-refractivity contribution in [3.63, 3.8) is 0 Å². The third-order valence-corrected chi connectivity index (χ3v) is 23.5. The van der Waals surface area contributed by atoms with Gasteiger partial charge in [0.05, 0.1) is 94.8 Å². The number of rotatable bonds is 31. The van der Waals surface area contributed by atoms with Crippen LogP contribution in [0.4, 0.5) is 0 Å². The maximum atomic E-state index is 12.7. The van der Waals surface area contributed by atoms with Crippen LogP contribution in [0, 0.1) is 73.0 Å². The molecule has 28 nitrogen and oxygen atoms in total. The Balaban J connectivity index is 0.000000165. The lowest BCUT2D eigenvalue weighted by Crippen LogP contribution is -2.33. The molecule has 0 spiro atoms. The molecule has 0 aliphatic heterocycles. The molecule has 4 saturated carbocycles. The van der Waals surface area contributed by atoms with Crippen LogP contribution in [0.1, 0.15) is 114 Å². The number of hydrogen-bond donors (Lipinski definition) is 8. The molecule has 0 saturated heterocycles. The van der Waals surface area contributed by atoms with E-state index >= 15 is 0 Å². The number of pyridine rings is 4. The van der Waals surface area contributed by atoms with Gasteiger partial charge < -0.3 is 39.3 Å². The van der Waals surface area contributed by atoms with Gasteiger partial charge in [0.25, 0.3) is 0 Å². The highest BCUT2D eigenvalue weighted by Gasteiger charge is 2.67. The Hall–Kier alpha value is -13.7. The van der Waals surface area contributed by atoms with Crippen molar-refractivity contribution >= 4 is 99.5 Å². The Labute approximate surface area is 743 Å². The fraction of sp³-hybridized carbons (Fsp3) is 0.313. The van der Waals surface area contributed by atoms with Gasteiger partial charge in [0, 0.05) is 75.0 Å². The van der Waals surface area contributed by atoms with Crippen molar-refractivity contribution in [3.8, 4) is 23.0 Å². The summed E-state index contributed by atoms with van der Waals surface area (Å²) in [6.45, 7) is 13.1. The molecule has 663 valence electrons. The number of carbonyl (C=O) groups excluding carboxylic acids is 7. The van der Waals surface area contributed by atoms with Crippen LogP contribution < -0.4 is 46.6 Å². The molecule has 8 atom stereocenters. The van der Waals surface area contributed by atoms with Gasteiger partial charge in [-0.3, -0.25) is 78.4 Å². The molecule has 0 bridgehead atoms.